The number of ether oxygens (including phenoxy) is 3. The van der Waals surface area contributed by atoms with Gasteiger partial charge in [0, 0.05) is 28.7 Å². The second-order valence-electron chi connectivity index (χ2n) is 10.5. The van der Waals surface area contributed by atoms with E-state index in [1.807, 2.05) is 24.3 Å². The molecule has 4 rings (SSSR count). The van der Waals surface area contributed by atoms with Crippen molar-refractivity contribution < 1.29 is 28.3 Å². The fourth-order valence-corrected chi connectivity index (χ4v) is 4.21. The standard InChI is InChI=1S/C31H34N4O7/c1-7-39-28-17-22(16-26(35(37)38)29(28)42-31(4,5)6)18-32-33-30(36)27-15-14-25(41-27)19-40-24-12-10-23(11-13-24)34-20(2)8-9-21(34)3/h8-18H,7,19H2,1-6H3,(H,33,36)/b32-18+. The topological polar surface area (TPSA) is 130 Å². The average molecular weight is 575 g/mol. The summed E-state index contributed by atoms with van der Waals surface area (Å²) in [6.07, 6.45) is 1.28. The van der Waals surface area contributed by atoms with Crippen LogP contribution < -0.4 is 19.6 Å². The van der Waals surface area contributed by atoms with Crippen molar-refractivity contribution in [2.75, 3.05) is 6.61 Å². The predicted molar refractivity (Wildman–Crippen MR) is 158 cm³/mol. The molecular formula is C31H34N4O7. The number of rotatable bonds is 11. The fourth-order valence-electron chi connectivity index (χ4n) is 4.21. The van der Waals surface area contributed by atoms with Crippen LogP contribution in [0.25, 0.3) is 5.69 Å². The molecule has 11 heteroatoms. The summed E-state index contributed by atoms with van der Waals surface area (Å²) >= 11 is 0. The number of benzene rings is 2. The molecule has 2 aromatic heterocycles. The van der Waals surface area contributed by atoms with Crippen molar-refractivity contribution >= 4 is 17.8 Å². The maximum absolute atomic E-state index is 12.6. The van der Waals surface area contributed by atoms with Crippen LogP contribution >= 0.6 is 0 Å². The van der Waals surface area contributed by atoms with E-state index in [4.69, 9.17) is 18.6 Å². The molecule has 0 aliphatic carbocycles. The number of carbonyl (C=O) groups is 1. The van der Waals surface area contributed by atoms with Crippen LogP contribution in [0.4, 0.5) is 5.69 Å². The van der Waals surface area contributed by atoms with E-state index < -0.39 is 16.4 Å². The van der Waals surface area contributed by atoms with E-state index in [1.54, 1.807) is 39.8 Å². The van der Waals surface area contributed by atoms with Crippen LogP contribution in [0.5, 0.6) is 17.2 Å². The summed E-state index contributed by atoms with van der Waals surface area (Å²) in [6, 6.07) is 17.9. The molecule has 0 aliphatic rings. The fraction of sp³-hybridized carbons (Fsp3) is 0.290. The van der Waals surface area contributed by atoms with Crippen molar-refractivity contribution in [1.29, 1.82) is 0 Å². The number of nitrogens with zero attached hydrogens (tertiary/aromatic N) is 3. The van der Waals surface area contributed by atoms with E-state index >= 15 is 0 Å². The van der Waals surface area contributed by atoms with Gasteiger partial charge in [-0.3, -0.25) is 14.9 Å². The number of hydrogen-bond acceptors (Lipinski definition) is 8. The number of nitro benzene ring substituents is 1. The Bertz CT molecular complexity index is 1570. The Morgan fingerprint density at radius 2 is 1.74 bits per heavy atom. The van der Waals surface area contributed by atoms with E-state index in [-0.39, 0.29) is 36.2 Å². The SMILES string of the molecule is CCOc1cc(/C=N/NC(=O)c2ccc(COc3ccc(-n4c(C)ccc4C)cc3)o2)cc([N+](=O)[O-])c1OC(C)(C)C. The molecule has 4 aromatic rings. The number of nitrogens with one attached hydrogen (secondary N) is 1. The lowest BCUT2D eigenvalue weighted by atomic mass is 10.1. The van der Waals surface area contributed by atoms with E-state index in [2.05, 4.69) is 41.1 Å². The van der Waals surface area contributed by atoms with Crippen LogP contribution in [0.1, 0.15) is 61.0 Å². The highest BCUT2D eigenvalue weighted by molar-refractivity contribution is 5.92. The highest BCUT2D eigenvalue weighted by Gasteiger charge is 2.26. The zero-order valence-electron chi connectivity index (χ0n) is 24.5. The van der Waals surface area contributed by atoms with Crippen LogP contribution in [0.15, 0.2) is 70.2 Å². The van der Waals surface area contributed by atoms with E-state index in [0.29, 0.717) is 17.1 Å². The number of amides is 1. The number of aromatic nitrogens is 1. The van der Waals surface area contributed by atoms with Crippen molar-refractivity contribution in [2.24, 2.45) is 5.10 Å². The third kappa shape index (κ3) is 7.36. The van der Waals surface area contributed by atoms with Gasteiger partial charge in [-0.25, -0.2) is 5.43 Å². The van der Waals surface area contributed by atoms with Crippen LogP contribution in [0.2, 0.25) is 0 Å². The first-order valence-electron chi connectivity index (χ1n) is 13.4. The maximum atomic E-state index is 12.6. The lowest BCUT2D eigenvalue weighted by Crippen LogP contribution is -2.24. The molecule has 0 saturated heterocycles. The molecular weight excluding hydrogens is 540 g/mol. The number of carbonyl (C=O) groups excluding carboxylic acids is 1. The summed E-state index contributed by atoms with van der Waals surface area (Å²) in [5.74, 6) is 0.794. The maximum Gasteiger partial charge on any atom is 0.315 e. The molecule has 0 unspecified atom stereocenters. The third-order valence-corrected chi connectivity index (χ3v) is 5.97. The number of furan rings is 1. The van der Waals surface area contributed by atoms with Gasteiger partial charge in [0.25, 0.3) is 0 Å². The molecule has 220 valence electrons. The van der Waals surface area contributed by atoms with Gasteiger partial charge in [-0.2, -0.15) is 5.10 Å². The number of nitro groups is 1. The average Bonchev–Trinajstić information content (AvgIpc) is 3.54. The monoisotopic (exact) mass is 574 g/mol. The molecule has 0 aliphatic heterocycles. The quantitative estimate of drug-likeness (QED) is 0.123. The predicted octanol–water partition coefficient (Wildman–Crippen LogP) is 6.51. The summed E-state index contributed by atoms with van der Waals surface area (Å²) in [5, 5.41) is 15.7. The van der Waals surface area contributed by atoms with Crippen molar-refractivity contribution in [2.45, 2.75) is 53.8 Å². The zero-order valence-corrected chi connectivity index (χ0v) is 24.5. The van der Waals surface area contributed by atoms with Crippen LogP contribution in [0.3, 0.4) is 0 Å². The van der Waals surface area contributed by atoms with Crippen LogP contribution in [0, 0.1) is 24.0 Å². The minimum absolute atomic E-state index is 0.0305. The van der Waals surface area contributed by atoms with Crippen LogP contribution in [-0.4, -0.2) is 33.8 Å². The van der Waals surface area contributed by atoms with Crippen molar-refractivity contribution in [1.82, 2.24) is 9.99 Å². The van der Waals surface area contributed by atoms with Gasteiger partial charge < -0.3 is 23.2 Å². The van der Waals surface area contributed by atoms with Gasteiger partial charge >= 0.3 is 11.6 Å². The highest BCUT2D eigenvalue weighted by Crippen LogP contribution is 2.40. The summed E-state index contributed by atoms with van der Waals surface area (Å²) in [4.78, 5) is 23.8. The molecule has 0 fully saturated rings. The molecule has 0 radical (unpaired) electrons. The Kier molecular flexibility index (Phi) is 8.99. The van der Waals surface area contributed by atoms with E-state index in [1.165, 1.54) is 18.3 Å². The van der Waals surface area contributed by atoms with Crippen LogP contribution in [-0.2, 0) is 6.61 Å². The summed E-state index contributed by atoms with van der Waals surface area (Å²) in [5.41, 5.74) is 5.08. The highest BCUT2D eigenvalue weighted by atomic mass is 16.6. The molecule has 0 saturated carbocycles. The van der Waals surface area contributed by atoms with Gasteiger partial charge in [0.15, 0.2) is 11.5 Å². The normalized spacial score (nSPS) is 11.5. The first-order valence-corrected chi connectivity index (χ1v) is 13.4. The molecule has 2 aromatic carbocycles. The lowest BCUT2D eigenvalue weighted by molar-refractivity contribution is -0.386. The largest absolute Gasteiger partial charge is 0.490 e. The summed E-state index contributed by atoms with van der Waals surface area (Å²) in [7, 11) is 0. The second-order valence-corrected chi connectivity index (χ2v) is 10.5. The summed E-state index contributed by atoms with van der Waals surface area (Å²) < 4.78 is 25.0. The number of aryl methyl sites for hydroxylation is 2. The molecule has 2 heterocycles. The minimum Gasteiger partial charge on any atom is -0.490 e. The van der Waals surface area contributed by atoms with E-state index in [0.717, 1.165) is 17.1 Å². The molecule has 0 spiro atoms. The third-order valence-electron chi connectivity index (χ3n) is 5.97. The number of hydrazone groups is 1. The Hall–Kier alpha value is -5.06. The molecule has 1 N–H and O–H groups in total. The summed E-state index contributed by atoms with van der Waals surface area (Å²) in [6.45, 7) is 11.6. The number of hydrogen-bond donors (Lipinski definition) is 1. The molecule has 0 atom stereocenters. The molecule has 1 amide bonds. The second kappa shape index (κ2) is 12.6. The lowest BCUT2D eigenvalue weighted by Gasteiger charge is -2.23. The van der Waals surface area contributed by atoms with Gasteiger partial charge in [-0.05, 0) is 96.1 Å². The van der Waals surface area contributed by atoms with Gasteiger partial charge in [0.05, 0.1) is 17.7 Å². The zero-order chi connectivity index (χ0) is 30.4. The first kappa shape index (κ1) is 29.9. The first-order chi connectivity index (χ1) is 19.9. The Labute approximate surface area is 243 Å². The van der Waals surface area contributed by atoms with E-state index in [9.17, 15) is 14.9 Å². The van der Waals surface area contributed by atoms with Crippen molar-refractivity contribution in [3.05, 3.63) is 99.2 Å². The molecule has 42 heavy (non-hydrogen) atoms. The van der Waals surface area contributed by atoms with Crippen molar-refractivity contribution in [3.8, 4) is 22.9 Å². The van der Waals surface area contributed by atoms with Crippen molar-refractivity contribution in [3.63, 3.8) is 0 Å². The van der Waals surface area contributed by atoms with Gasteiger partial charge in [-0.1, -0.05) is 0 Å². The van der Waals surface area contributed by atoms with Gasteiger partial charge in [-0.15, -0.1) is 0 Å². The Morgan fingerprint density at radius 3 is 2.36 bits per heavy atom. The Morgan fingerprint density at radius 1 is 1.05 bits per heavy atom. The smallest absolute Gasteiger partial charge is 0.315 e. The van der Waals surface area contributed by atoms with Gasteiger partial charge in [0.2, 0.25) is 5.75 Å². The van der Waals surface area contributed by atoms with Gasteiger partial charge in [0.1, 0.15) is 23.7 Å². The minimum atomic E-state index is -0.681. The Balaban J connectivity index is 1.38. The molecule has 11 nitrogen and oxygen atoms in total. The molecule has 0 bridgehead atoms.